The van der Waals surface area contributed by atoms with Crippen LogP contribution in [-0.4, -0.2) is 81.4 Å². The molecule has 11 heteroatoms. The van der Waals surface area contributed by atoms with E-state index in [1.165, 1.54) is 16.9 Å². The van der Waals surface area contributed by atoms with E-state index in [0.29, 0.717) is 24.7 Å². The van der Waals surface area contributed by atoms with Crippen molar-refractivity contribution in [3.05, 3.63) is 59.8 Å². The number of thiazole rings is 1. The third-order valence-corrected chi connectivity index (χ3v) is 8.54. The Morgan fingerprint density at radius 1 is 0.925 bits per heavy atom. The number of nitrogens with one attached hydrogen (secondary N) is 2. The van der Waals surface area contributed by atoms with Gasteiger partial charge in [-0.25, -0.2) is 15.0 Å². The number of rotatable bonds is 9. The minimum Gasteiger partial charge on any atom is -0.393 e. The molecule has 1 aliphatic carbocycles. The van der Waals surface area contributed by atoms with Crippen molar-refractivity contribution in [3.8, 4) is 0 Å². The number of pyridine rings is 1. The van der Waals surface area contributed by atoms with E-state index in [1.54, 1.807) is 0 Å². The summed E-state index contributed by atoms with van der Waals surface area (Å²) in [5.41, 5.74) is 8.72. The maximum Gasteiger partial charge on any atom is 0.225 e. The van der Waals surface area contributed by atoms with Crippen molar-refractivity contribution in [2.45, 2.75) is 44.2 Å². The second-order valence-electron chi connectivity index (χ2n) is 10.6. The number of benzene rings is 1. The van der Waals surface area contributed by atoms with Gasteiger partial charge in [-0.1, -0.05) is 41.7 Å². The minimum absolute atomic E-state index is 0.200. The lowest BCUT2D eigenvalue weighted by atomic mass is 9.93. The van der Waals surface area contributed by atoms with Gasteiger partial charge in [-0.2, -0.15) is 4.98 Å². The number of aliphatic hydroxyl groups is 1. The first-order valence-electron chi connectivity index (χ1n) is 14.2. The summed E-state index contributed by atoms with van der Waals surface area (Å²) in [4.78, 5) is 25.0. The first-order valence-corrected chi connectivity index (χ1v) is 15.0. The SMILES string of the molecule is NCCN1CCN(c2ccc3nc(Nc4cc(Cc5ccccc5)nc(NC5CCC(O)CC5)n4)sc3n2)CC1. The highest BCUT2D eigenvalue weighted by atomic mass is 32.1. The molecule has 0 amide bonds. The van der Waals surface area contributed by atoms with E-state index in [1.807, 2.05) is 24.3 Å². The summed E-state index contributed by atoms with van der Waals surface area (Å²) < 4.78 is 0. The monoisotopic (exact) mass is 559 g/mol. The van der Waals surface area contributed by atoms with Crippen LogP contribution < -0.4 is 21.3 Å². The van der Waals surface area contributed by atoms with E-state index < -0.39 is 0 Å². The molecule has 2 aliphatic rings. The van der Waals surface area contributed by atoms with Crippen molar-refractivity contribution < 1.29 is 5.11 Å². The van der Waals surface area contributed by atoms with Crippen LogP contribution in [-0.2, 0) is 6.42 Å². The molecule has 4 heterocycles. The zero-order valence-corrected chi connectivity index (χ0v) is 23.5. The number of hydrogen-bond acceptors (Lipinski definition) is 11. The number of anilines is 4. The predicted molar refractivity (Wildman–Crippen MR) is 162 cm³/mol. The van der Waals surface area contributed by atoms with Crippen LogP contribution in [0.2, 0.25) is 0 Å². The molecule has 0 radical (unpaired) electrons. The molecular weight excluding hydrogens is 522 g/mol. The molecule has 1 saturated heterocycles. The van der Waals surface area contributed by atoms with Gasteiger partial charge in [-0.05, 0) is 43.4 Å². The van der Waals surface area contributed by atoms with Gasteiger partial charge in [-0.15, -0.1) is 0 Å². The van der Waals surface area contributed by atoms with Crippen LogP contribution in [0.25, 0.3) is 10.3 Å². The number of aromatic nitrogens is 4. The van der Waals surface area contributed by atoms with Crippen molar-refractivity contribution in [3.63, 3.8) is 0 Å². The highest BCUT2D eigenvalue weighted by Gasteiger charge is 2.21. The molecule has 0 atom stereocenters. The lowest BCUT2D eigenvalue weighted by Crippen LogP contribution is -2.48. The largest absolute Gasteiger partial charge is 0.393 e. The van der Waals surface area contributed by atoms with Crippen molar-refractivity contribution >= 4 is 44.4 Å². The van der Waals surface area contributed by atoms with Gasteiger partial charge in [0.25, 0.3) is 0 Å². The Hall–Kier alpha value is -3.38. The van der Waals surface area contributed by atoms with E-state index >= 15 is 0 Å². The van der Waals surface area contributed by atoms with E-state index in [9.17, 15) is 5.11 Å². The normalized spacial score (nSPS) is 20.1. The molecule has 10 nitrogen and oxygen atoms in total. The fraction of sp³-hybridized carbons (Fsp3) is 0.448. The van der Waals surface area contributed by atoms with E-state index in [2.05, 4.69) is 44.7 Å². The van der Waals surface area contributed by atoms with Crippen molar-refractivity contribution in [1.82, 2.24) is 24.8 Å². The third kappa shape index (κ3) is 6.67. The third-order valence-electron chi connectivity index (χ3n) is 7.65. The van der Waals surface area contributed by atoms with Gasteiger partial charge in [0.05, 0.1) is 11.8 Å². The van der Waals surface area contributed by atoms with Gasteiger partial charge in [-0.3, -0.25) is 4.90 Å². The van der Waals surface area contributed by atoms with E-state index in [0.717, 1.165) is 85.4 Å². The van der Waals surface area contributed by atoms with Gasteiger partial charge >= 0.3 is 0 Å². The zero-order chi connectivity index (χ0) is 27.3. The molecule has 40 heavy (non-hydrogen) atoms. The molecule has 0 spiro atoms. The van der Waals surface area contributed by atoms with Crippen LogP contribution in [0.15, 0.2) is 48.5 Å². The van der Waals surface area contributed by atoms with Gasteiger partial charge in [0.2, 0.25) is 5.95 Å². The first-order chi connectivity index (χ1) is 19.6. The topological polar surface area (TPSA) is 128 Å². The minimum atomic E-state index is -0.200. The standard InChI is InChI=1S/C29H37N9OS/c30-12-13-37-14-16-38(17-15-37)26-11-10-24-27(36-26)40-29(33-24)35-25-19-22(18-20-4-2-1-3-5-20)32-28(34-25)31-21-6-8-23(39)9-7-21/h1-5,10-11,19,21,23,39H,6-9,12-18,30H2,(H2,31,32,33,34,35). The Morgan fingerprint density at radius 2 is 1.73 bits per heavy atom. The first kappa shape index (κ1) is 26.8. The second kappa shape index (κ2) is 12.4. The fourth-order valence-corrected chi connectivity index (χ4v) is 6.29. The zero-order valence-electron chi connectivity index (χ0n) is 22.7. The van der Waals surface area contributed by atoms with Gasteiger partial charge < -0.3 is 26.4 Å². The Balaban J connectivity index is 1.20. The molecule has 4 aromatic rings. The molecule has 2 fully saturated rings. The van der Waals surface area contributed by atoms with Gasteiger partial charge in [0.1, 0.15) is 22.0 Å². The predicted octanol–water partition coefficient (Wildman–Crippen LogP) is 3.61. The average molecular weight is 560 g/mol. The lowest BCUT2D eigenvalue weighted by molar-refractivity contribution is 0.126. The lowest BCUT2D eigenvalue weighted by Gasteiger charge is -2.35. The van der Waals surface area contributed by atoms with E-state index in [-0.39, 0.29) is 12.1 Å². The van der Waals surface area contributed by atoms with Crippen LogP contribution in [0, 0.1) is 0 Å². The molecule has 3 aromatic heterocycles. The number of fused-ring (bicyclic) bond motifs is 1. The summed E-state index contributed by atoms with van der Waals surface area (Å²) in [5.74, 6) is 2.30. The fourth-order valence-electron chi connectivity index (χ4n) is 5.45. The Kier molecular flexibility index (Phi) is 8.33. The summed E-state index contributed by atoms with van der Waals surface area (Å²) in [6, 6.07) is 16.7. The molecule has 0 bridgehead atoms. The van der Waals surface area contributed by atoms with Crippen LogP contribution >= 0.6 is 11.3 Å². The molecule has 0 unspecified atom stereocenters. The maximum absolute atomic E-state index is 9.90. The summed E-state index contributed by atoms with van der Waals surface area (Å²) in [7, 11) is 0. The van der Waals surface area contributed by atoms with Crippen LogP contribution in [0.4, 0.5) is 22.7 Å². The number of aliphatic hydroxyl groups excluding tert-OH is 1. The molecule has 5 N–H and O–H groups in total. The Bertz CT molecular complexity index is 1400. The molecule has 1 aromatic carbocycles. The molecule has 6 rings (SSSR count). The summed E-state index contributed by atoms with van der Waals surface area (Å²) >= 11 is 1.53. The number of piperazine rings is 1. The second-order valence-corrected chi connectivity index (χ2v) is 11.6. The summed E-state index contributed by atoms with van der Waals surface area (Å²) in [5, 5.41) is 17.6. The van der Waals surface area contributed by atoms with Gasteiger partial charge in [0.15, 0.2) is 5.13 Å². The molecule has 210 valence electrons. The van der Waals surface area contributed by atoms with Crippen LogP contribution in [0.1, 0.15) is 36.9 Å². The van der Waals surface area contributed by atoms with Crippen molar-refractivity contribution in [2.24, 2.45) is 5.73 Å². The Labute approximate surface area is 238 Å². The molecular formula is C29H37N9OS. The van der Waals surface area contributed by atoms with E-state index in [4.69, 9.17) is 25.7 Å². The van der Waals surface area contributed by atoms with Crippen molar-refractivity contribution in [1.29, 1.82) is 0 Å². The Morgan fingerprint density at radius 3 is 2.50 bits per heavy atom. The van der Waals surface area contributed by atoms with Crippen LogP contribution in [0.3, 0.4) is 0 Å². The average Bonchev–Trinajstić information content (AvgIpc) is 3.37. The summed E-state index contributed by atoms with van der Waals surface area (Å²) in [6.07, 6.45) is 3.93. The number of nitrogens with two attached hydrogens (primary N) is 1. The maximum atomic E-state index is 9.90. The molecule has 1 saturated carbocycles. The smallest absolute Gasteiger partial charge is 0.225 e. The molecule has 1 aliphatic heterocycles. The number of hydrogen-bond donors (Lipinski definition) is 4. The van der Waals surface area contributed by atoms with Crippen molar-refractivity contribution in [2.75, 3.05) is 54.8 Å². The van der Waals surface area contributed by atoms with Crippen LogP contribution in [0.5, 0.6) is 0 Å². The highest BCUT2D eigenvalue weighted by molar-refractivity contribution is 7.21. The van der Waals surface area contributed by atoms with Gasteiger partial charge in [0, 0.05) is 57.8 Å². The highest BCUT2D eigenvalue weighted by Crippen LogP contribution is 2.30. The summed E-state index contributed by atoms with van der Waals surface area (Å²) in [6.45, 7) is 5.55. The quantitative estimate of drug-likeness (QED) is 0.241. The number of nitrogens with zero attached hydrogens (tertiary/aromatic N) is 6.